The van der Waals surface area contributed by atoms with Gasteiger partial charge in [0.1, 0.15) is 11.5 Å². The second kappa shape index (κ2) is 5.35. The van der Waals surface area contributed by atoms with Crippen LogP contribution in [0, 0.1) is 17.2 Å². The van der Waals surface area contributed by atoms with Crippen molar-refractivity contribution in [2.24, 2.45) is 17.6 Å². The number of hydrogen-bond donors (Lipinski definition) is 3. The molecule has 2 aromatic rings. The zero-order chi connectivity index (χ0) is 15.0. The topological polar surface area (TPSA) is 101 Å². The molecular formula is C15H21N5O. The first-order chi connectivity index (χ1) is 10.0. The minimum atomic E-state index is -0.105. The number of nitrogens with two attached hydrogens (primary N) is 1. The summed E-state index contributed by atoms with van der Waals surface area (Å²) in [6, 6.07) is 1.67. The highest BCUT2D eigenvalue weighted by Crippen LogP contribution is 2.29. The molecular weight excluding hydrogens is 266 g/mol. The number of H-pyrrole nitrogens is 1. The lowest BCUT2D eigenvalue weighted by Crippen LogP contribution is -2.24. The molecule has 0 atom stereocenters. The minimum Gasteiger partial charge on any atom is -0.382 e. The predicted octanol–water partition coefficient (Wildman–Crippen LogP) is 1.83. The molecule has 2 aromatic heterocycles. The first-order valence-corrected chi connectivity index (χ1v) is 7.47. The molecule has 21 heavy (non-hydrogen) atoms. The minimum absolute atomic E-state index is 0.0910. The summed E-state index contributed by atoms with van der Waals surface area (Å²) in [5.41, 5.74) is 7.21. The molecule has 1 aliphatic rings. The molecule has 0 spiro atoms. The van der Waals surface area contributed by atoms with Crippen LogP contribution in [0.2, 0.25) is 0 Å². The number of amidine groups is 1. The van der Waals surface area contributed by atoms with Gasteiger partial charge >= 0.3 is 5.69 Å². The van der Waals surface area contributed by atoms with Gasteiger partial charge in [-0.25, -0.2) is 4.79 Å². The first kappa shape index (κ1) is 13.9. The van der Waals surface area contributed by atoms with Crippen LogP contribution >= 0.6 is 0 Å². The quantitative estimate of drug-likeness (QED) is 0.593. The number of rotatable bonds is 3. The van der Waals surface area contributed by atoms with Gasteiger partial charge in [-0.3, -0.25) is 15.0 Å². The fraction of sp³-hybridized carbons (Fsp3) is 0.533. The Morgan fingerprint density at radius 2 is 2.19 bits per heavy atom. The molecule has 112 valence electrons. The smallest absolute Gasteiger partial charge is 0.326 e. The van der Waals surface area contributed by atoms with Crippen LogP contribution in [0.5, 0.6) is 0 Å². The standard InChI is InChI=1S/C15H21N5O/c1-9-2-4-10(5-3-9)8-20-13-7-18-12(14(16)17)6-11(13)19-15(20)21/h6-7,9-10H,2-5,8H2,1H3,(H3,16,17)(H,19,21). The molecule has 0 bridgehead atoms. The van der Waals surface area contributed by atoms with E-state index in [9.17, 15) is 4.79 Å². The third-order valence-corrected chi connectivity index (χ3v) is 4.51. The van der Waals surface area contributed by atoms with Gasteiger partial charge in [0, 0.05) is 6.54 Å². The molecule has 3 rings (SSSR count). The number of fused-ring (bicyclic) bond motifs is 1. The molecule has 0 amide bonds. The summed E-state index contributed by atoms with van der Waals surface area (Å²) < 4.78 is 1.77. The number of aromatic nitrogens is 3. The number of imidazole rings is 1. The Morgan fingerprint density at radius 3 is 2.86 bits per heavy atom. The molecule has 2 heterocycles. The normalized spacial score (nSPS) is 22.5. The second-order valence-corrected chi connectivity index (χ2v) is 6.17. The van der Waals surface area contributed by atoms with Gasteiger partial charge in [-0.05, 0) is 30.7 Å². The molecule has 6 heteroatoms. The third-order valence-electron chi connectivity index (χ3n) is 4.51. The average Bonchev–Trinajstić information content (AvgIpc) is 2.76. The van der Waals surface area contributed by atoms with E-state index in [4.69, 9.17) is 11.1 Å². The summed E-state index contributed by atoms with van der Waals surface area (Å²) in [4.78, 5) is 19.1. The average molecular weight is 287 g/mol. The van der Waals surface area contributed by atoms with Crippen LogP contribution < -0.4 is 11.4 Å². The summed E-state index contributed by atoms with van der Waals surface area (Å²) in [5, 5.41) is 7.41. The van der Waals surface area contributed by atoms with Crippen molar-refractivity contribution in [3.05, 3.63) is 28.4 Å². The molecule has 6 nitrogen and oxygen atoms in total. The largest absolute Gasteiger partial charge is 0.382 e. The highest BCUT2D eigenvalue weighted by atomic mass is 16.1. The van der Waals surface area contributed by atoms with Crippen molar-refractivity contribution < 1.29 is 0 Å². The van der Waals surface area contributed by atoms with E-state index in [-0.39, 0.29) is 11.5 Å². The lowest BCUT2D eigenvalue weighted by Gasteiger charge is -2.26. The van der Waals surface area contributed by atoms with Gasteiger partial charge in [0.05, 0.1) is 17.2 Å². The Balaban J connectivity index is 1.90. The van der Waals surface area contributed by atoms with E-state index in [1.165, 1.54) is 25.7 Å². The second-order valence-electron chi connectivity index (χ2n) is 6.17. The zero-order valence-corrected chi connectivity index (χ0v) is 12.2. The first-order valence-electron chi connectivity index (χ1n) is 7.47. The fourth-order valence-electron chi connectivity index (χ4n) is 3.15. The van der Waals surface area contributed by atoms with E-state index in [1.54, 1.807) is 16.8 Å². The van der Waals surface area contributed by atoms with E-state index in [0.29, 0.717) is 17.1 Å². The summed E-state index contributed by atoms with van der Waals surface area (Å²) >= 11 is 0. The van der Waals surface area contributed by atoms with E-state index in [2.05, 4.69) is 16.9 Å². The van der Waals surface area contributed by atoms with Crippen LogP contribution in [0.4, 0.5) is 0 Å². The van der Waals surface area contributed by atoms with Crippen molar-refractivity contribution in [1.29, 1.82) is 5.41 Å². The maximum atomic E-state index is 12.2. The van der Waals surface area contributed by atoms with Crippen LogP contribution in [0.25, 0.3) is 11.0 Å². The number of aromatic amines is 1. The Morgan fingerprint density at radius 1 is 1.48 bits per heavy atom. The van der Waals surface area contributed by atoms with Gasteiger partial charge in [-0.15, -0.1) is 0 Å². The van der Waals surface area contributed by atoms with E-state index >= 15 is 0 Å². The molecule has 0 aromatic carbocycles. The maximum Gasteiger partial charge on any atom is 0.326 e. The van der Waals surface area contributed by atoms with Gasteiger partial charge in [0.15, 0.2) is 0 Å². The van der Waals surface area contributed by atoms with Gasteiger partial charge in [0.25, 0.3) is 0 Å². The van der Waals surface area contributed by atoms with Crippen molar-refractivity contribution in [1.82, 2.24) is 14.5 Å². The summed E-state index contributed by atoms with van der Waals surface area (Å²) in [6.07, 6.45) is 6.48. The number of pyridine rings is 1. The van der Waals surface area contributed by atoms with Gasteiger partial charge in [-0.1, -0.05) is 19.8 Å². The van der Waals surface area contributed by atoms with Crippen molar-refractivity contribution in [3.63, 3.8) is 0 Å². The molecule has 0 saturated heterocycles. The predicted molar refractivity (Wildman–Crippen MR) is 82.5 cm³/mol. The van der Waals surface area contributed by atoms with Crippen molar-refractivity contribution in [3.8, 4) is 0 Å². The maximum absolute atomic E-state index is 12.2. The van der Waals surface area contributed by atoms with Crippen LogP contribution in [0.15, 0.2) is 17.1 Å². The van der Waals surface area contributed by atoms with Crippen molar-refractivity contribution in [2.75, 3.05) is 0 Å². The summed E-state index contributed by atoms with van der Waals surface area (Å²) in [6.45, 7) is 3.04. The molecule has 1 aliphatic carbocycles. The summed E-state index contributed by atoms with van der Waals surface area (Å²) in [7, 11) is 0. The Hall–Kier alpha value is -2.11. The Labute approximate surface area is 122 Å². The highest BCUT2D eigenvalue weighted by Gasteiger charge is 2.20. The van der Waals surface area contributed by atoms with Crippen molar-refractivity contribution in [2.45, 2.75) is 39.2 Å². The van der Waals surface area contributed by atoms with Gasteiger partial charge in [0.2, 0.25) is 0 Å². The summed E-state index contributed by atoms with van der Waals surface area (Å²) in [5.74, 6) is 1.28. The van der Waals surface area contributed by atoms with Crippen LogP contribution in [0.1, 0.15) is 38.3 Å². The van der Waals surface area contributed by atoms with Gasteiger partial charge < -0.3 is 10.7 Å². The van der Waals surface area contributed by atoms with Crippen molar-refractivity contribution >= 4 is 16.9 Å². The van der Waals surface area contributed by atoms with Crippen LogP contribution in [-0.4, -0.2) is 20.4 Å². The molecule has 1 saturated carbocycles. The number of nitrogen functional groups attached to an aromatic ring is 1. The molecule has 0 unspecified atom stereocenters. The molecule has 4 N–H and O–H groups in total. The van der Waals surface area contributed by atoms with E-state index < -0.39 is 0 Å². The molecule has 0 aliphatic heterocycles. The third kappa shape index (κ3) is 2.70. The Bertz CT molecular complexity index is 721. The fourth-order valence-corrected chi connectivity index (χ4v) is 3.15. The van der Waals surface area contributed by atoms with Crippen LogP contribution in [-0.2, 0) is 6.54 Å². The number of hydrogen-bond acceptors (Lipinski definition) is 3. The SMILES string of the molecule is CC1CCC(Cn2c(=O)[nH]c3cc(C(=N)N)ncc32)CC1. The number of nitrogens with zero attached hydrogens (tertiary/aromatic N) is 2. The molecule has 1 fully saturated rings. The monoisotopic (exact) mass is 287 g/mol. The van der Waals surface area contributed by atoms with E-state index in [0.717, 1.165) is 18.0 Å². The number of nitrogens with one attached hydrogen (secondary N) is 2. The zero-order valence-electron chi connectivity index (χ0n) is 12.2. The Kier molecular flexibility index (Phi) is 3.53. The lowest BCUT2D eigenvalue weighted by molar-refractivity contribution is 0.265. The lowest BCUT2D eigenvalue weighted by atomic mass is 9.83. The highest BCUT2D eigenvalue weighted by molar-refractivity contribution is 5.95. The van der Waals surface area contributed by atoms with Crippen LogP contribution in [0.3, 0.4) is 0 Å². The van der Waals surface area contributed by atoms with E-state index in [1.807, 2.05) is 0 Å². The molecule has 0 radical (unpaired) electrons. The van der Waals surface area contributed by atoms with Gasteiger partial charge in [-0.2, -0.15) is 0 Å².